The number of carboxylic acids is 1. The highest BCUT2D eigenvalue weighted by Gasteiger charge is 2.22. The van der Waals surface area contributed by atoms with Crippen LogP contribution in [0.5, 0.6) is 0 Å². The maximum atomic E-state index is 11.8. The van der Waals surface area contributed by atoms with Gasteiger partial charge < -0.3 is 10.4 Å². The van der Waals surface area contributed by atoms with Crippen molar-refractivity contribution in [3.8, 4) is 0 Å². The fourth-order valence-corrected chi connectivity index (χ4v) is 2.59. The fraction of sp³-hybridized carbons (Fsp3) is 0.800. The van der Waals surface area contributed by atoms with E-state index in [1.165, 1.54) is 38.5 Å². The molecule has 24 heavy (non-hydrogen) atoms. The van der Waals surface area contributed by atoms with Crippen molar-refractivity contribution in [2.45, 2.75) is 97.4 Å². The average Bonchev–Trinajstić information content (AvgIpc) is 2.53. The molecule has 0 aromatic carbocycles. The molecule has 0 fully saturated rings. The number of allylic oxidation sites excluding steroid dienone is 2. The molecule has 4 heteroatoms. The van der Waals surface area contributed by atoms with Gasteiger partial charge in [-0.2, -0.15) is 0 Å². The van der Waals surface area contributed by atoms with Gasteiger partial charge in [0.1, 0.15) is 6.04 Å². The zero-order valence-electron chi connectivity index (χ0n) is 15.9. The predicted octanol–water partition coefficient (Wildman–Crippen LogP) is 5.08. The summed E-state index contributed by atoms with van der Waals surface area (Å²) in [5.74, 6) is -1.20. The summed E-state index contributed by atoms with van der Waals surface area (Å²) in [5.41, 5.74) is 0. The molecule has 0 bridgehead atoms. The second kappa shape index (κ2) is 15.2. The molecule has 0 aromatic rings. The largest absolute Gasteiger partial charge is 0.480 e. The van der Waals surface area contributed by atoms with E-state index in [4.69, 9.17) is 5.11 Å². The zero-order valence-corrected chi connectivity index (χ0v) is 15.9. The van der Waals surface area contributed by atoms with E-state index in [0.29, 0.717) is 6.42 Å². The van der Waals surface area contributed by atoms with Crippen LogP contribution in [0.1, 0.15) is 91.4 Å². The SMILES string of the molecule is CCCCC/C=C\CCCCCCCC(=O)N[C@H](C(=O)O)C(C)C. The number of unbranched alkanes of at least 4 members (excludes halogenated alkanes) is 8. The molecule has 1 atom stereocenters. The van der Waals surface area contributed by atoms with Crippen LogP contribution >= 0.6 is 0 Å². The molecule has 0 rings (SSSR count). The van der Waals surface area contributed by atoms with Crippen molar-refractivity contribution >= 4 is 11.9 Å². The van der Waals surface area contributed by atoms with Crippen molar-refractivity contribution in [2.24, 2.45) is 5.92 Å². The van der Waals surface area contributed by atoms with E-state index in [2.05, 4.69) is 24.4 Å². The summed E-state index contributed by atoms with van der Waals surface area (Å²) in [5, 5.41) is 11.7. The van der Waals surface area contributed by atoms with Gasteiger partial charge in [-0.1, -0.05) is 65.0 Å². The van der Waals surface area contributed by atoms with E-state index in [0.717, 1.165) is 25.7 Å². The lowest BCUT2D eigenvalue weighted by atomic mass is 10.0. The third-order valence-corrected chi connectivity index (χ3v) is 4.16. The molecule has 0 aromatic heterocycles. The molecule has 0 radical (unpaired) electrons. The van der Waals surface area contributed by atoms with E-state index in [9.17, 15) is 9.59 Å². The number of nitrogens with one attached hydrogen (secondary N) is 1. The van der Waals surface area contributed by atoms with Crippen molar-refractivity contribution in [3.63, 3.8) is 0 Å². The molecule has 4 nitrogen and oxygen atoms in total. The minimum Gasteiger partial charge on any atom is -0.480 e. The van der Waals surface area contributed by atoms with Crippen LogP contribution in [-0.2, 0) is 9.59 Å². The standard InChI is InChI=1S/C20H37NO3/c1-4-5-6-7-8-9-10-11-12-13-14-15-16-18(22)21-19(17(2)3)20(23)24/h8-9,17,19H,4-7,10-16H2,1-3H3,(H,21,22)(H,23,24)/b9-8-/t19-/m0/s1. The van der Waals surface area contributed by atoms with Crippen LogP contribution in [0.2, 0.25) is 0 Å². The Balaban J connectivity index is 3.53. The van der Waals surface area contributed by atoms with Crippen molar-refractivity contribution in [3.05, 3.63) is 12.2 Å². The van der Waals surface area contributed by atoms with Gasteiger partial charge >= 0.3 is 5.97 Å². The Morgan fingerprint density at radius 3 is 2.00 bits per heavy atom. The number of hydrogen-bond acceptors (Lipinski definition) is 2. The Kier molecular flexibility index (Phi) is 14.4. The van der Waals surface area contributed by atoms with Gasteiger partial charge in [-0.05, 0) is 38.0 Å². The minimum absolute atomic E-state index is 0.0959. The molecule has 1 amide bonds. The summed E-state index contributed by atoms with van der Waals surface area (Å²) >= 11 is 0. The zero-order chi connectivity index (χ0) is 18.2. The van der Waals surface area contributed by atoms with Crippen LogP contribution in [-0.4, -0.2) is 23.0 Å². The topological polar surface area (TPSA) is 66.4 Å². The Morgan fingerprint density at radius 2 is 1.46 bits per heavy atom. The summed E-state index contributed by atoms with van der Waals surface area (Å²) in [4.78, 5) is 22.8. The molecule has 0 heterocycles. The van der Waals surface area contributed by atoms with Crippen LogP contribution in [0.25, 0.3) is 0 Å². The van der Waals surface area contributed by atoms with Crippen LogP contribution in [0.4, 0.5) is 0 Å². The molecular formula is C20H37NO3. The predicted molar refractivity (Wildman–Crippen MR) is 100 cm³/mol. The summed E-state index contributed by atoms with van der Waals surface area (Å²) in [7, 11) is 0. The maximum Gasteiger partial charge on any atom is 0.326 e. The molecule has 0 unspecified atom stereocenters. The molecule has 0 aliphatic rings. The quantitative estimate of drug-likeness (QED) is 0.323. The minimum atomic E-state index is -0.957. The highest BCUT2D eigenvalue weighted by Crippen LogP contribution is 2.09. The second-order valence-corrected chi connectivity index (χ2v) is 6.90. The van der Waals surface area contributed by atoms with Crippen molar-refractivity contribution in [2.75, 3.05) is 0 Å². The number of carbonyl (C=O) groups is 2. The van der Waals surface area contributed by atoms with E-state index < -0.39 is 12.0 Å². The van der Waals surface area contributed by atoms with Crippen molar-refractivity contribution < 1.29 is 14.7 Å². The molecule has 0 aliphatic carbocycles. The third kappa shape index (κ3) is 13.1. The van der Waals surface area contributed by atoms with Crippen LogP contribution in [0.15, 0.2) is 12.2 Å². The Morgan fingerprint density at radius 1 is 0.917 bits per heavy atom. The molecule has 0 saturated heterocycles. The van der Waals surface area contributed by atoms with Gasteiger partial charge in [0.2, 0.25) is 5.91 Å². The number of hydrogen-bond donors (Lipinski definition) is 2. The van der Waals surface area contributed by atoms with E-state index in [1.54, 1.807) is 13.8 Å². The Bertz CT molecular complexity index is 364. The lowest BCUT2D eigenvalue weighted by Crippen LogP contribution is -2.44. The van der Waals surface area contributed by atoms with Crippen LogP contribution in [0.3, 0.4) is 0 Å². The molecule has 140 valence electrons. The second-order valence-electron chi connectivity index (χ2n) is 6.90. The summed E-state index contributed by atoms with van der Waals surface area (Å²) < 4.78 is 0. The third-order valence-electron chi connectivity index (χ3n) is 4.16. The molecular weight excluding hydrogens is 302 g/mol. The number of rotatable bonds is 15. The van der Waals surface area contributed by atoms with Gasteiger partial charge in [0, 0.05) is 6.42 Å². The summed E-state index contributed by atoms with van der Waals surface area (Å²) in [6.07, 6.45) is 16.7. The molecule has 0 saturated carbocycles. The van der Waals surface area contributed by atoms with Gasteiger partial charge in [-0.25, -0.2) is 4.79 Å². The monoisotopic (exact) mass is 339 g/mol. The van der Waals surface area contributed by atoms with Crippen LogP contribution < -0.4 is 5.32 Å². The average molecular weight is 340 g/mol. The van der Waals surface area contributed by atoms with E-state index in [1.807, 2.05) is 0 Å². The number of carbonyl (C=O) groups excluding carboxylic acids is 1. The summed E-state index contributed by atoms with van der Waals surface area (Å²) in [6.45, 7) is 5.83. The van der Waals surface area contributed by atoms with Crippen LogP contribution in [0, 0.1) is 5.92 Å². The molecule has 0 spiro atoms. The normalized spacial score (nSPS) is 12.7. The first-order valence-electron chi connectivity index (χ1n) is 9.66. The van der Waals surface area contributed by atoms with E-state index in [-0.39, 0.29) is 11.8 Å². The number of amides is 1. The summed E-state index contributed by atoms with van der Waals surface area (Å²) in [6, 6.07) is -0.776. The first kappa shape index (κ1) is 22.7. The van der Waals surface area contributed by atoms with Gasteiger partial charge in [-0.3, -0.25) is 4.79 Å². The van der Waals surface area contributed by atoms with Gasteiger partial charge in [0.25, 0.3) is 0 Å². The number of aliphatic carboxylic acids is 1. The van der Waals surface area contributed by atoms with Gasteiger partial charge in [0.15, 0.2) is 0 Å². The number of carboxylic acid groups (broad SMARTS) is 1. The highest BCUT2D eigenvalue weighted by molar-refractivity contribution is 5.83. The highest BCUT2D eigenvalue weighted by atomic mass is 16.4. The maximum absolute atomic E-state index is 11.8. The first-order valence-corrected chi connectivity index (χ1v) is 9.66. The fourth-order valence-electron chi connectivity index (χ4n) is 2.59. The van der Waals surface area contributed by atoms with Crippen molar-refractivity contribution in [1.82, 2.24) is 5.32 Å². The molecule has 0 aliphatic heterocycles. The Hall–Kier alpha value is -1.32. The van der Waals surface area contributed by atoms with Crippen molar-refractivity contribution in [1.29, 1.82) is 0 Å². The Labute approximate surface area is 148 Å². The lowest BCUT2D eigenvalue weighted by molar-refractivity contribution is -0.143. The van der Waals surface area contributed by atoms with Gasteiger partial charge in [0.05, 0.1) is 0 Å². The van der Waals surface area contributed by atoms with E-state index >= 15 is 0 Å². The smallest absolute Gasteiger partial charge is 0.326 e. The lowest BCUT2D eigenvalue weighted by Gasteiger charge is -2.17. The van der Waals surface area contributed by atoms with Gasteiger partial charge in [-0.15, -0.1) is 0 Å². The first-order chi connectivity index (χ1) is 11.5. The molecule has 2 N–H and O–H groups in total.